The van der Waals surface area contributed by atoms with Crippen LogP contribution in [0.1, 0.15) is 399 Å². The first-order valence-corrected chi connectivity index (χ1v) is 39.9. The number of allylic oxidation sites excluding steroid dienone is 5. The van der Waals surface area contributed by atoms with Crippen molar-refractivity contribution in [2.24, 2.45) is 0 Å². The second-order valence-corrected chi connectivity index (χ2v) is 29.2. The largest absolute Gasteiger partial charge is 0.472 e. The van der Waals surface area contributed by atoms with Gasteiger partial charge < -0.3 is 19.8 Å². The van der Waals surface area contributed by atoms with Crippen LogP contribution in [0.15, 0.2) is 36.5 Å². The minimum Gasteiger partial charge on any atom is -0.387 e. The van der Waals surface area contributed by atoms with Gasteiger partial charge in [0.2, 0.25) is 5.91 Å². The van der Waals surface area contributed by atoms with Crippen LogP contribution in [-0.4, -0.2) is 73.4 Å². The summed E-state index contributed by atoms with van der Waals surface area (Å²) < 4.78 is 23.8. The maximum Gasteiger partial charge on any atom is 0.472 e. The molecule has 3 unspecified atom stereocenters. The molecule has 0 radical (unpaired) electrons. The van der Waals surface area contributed by atoms with E-state index in [1.807, 2.05) is 27.2 Å². The van der Waals surface area contributed by atoms with Gasteiger partial charge in [-0.1, -0.05) is 384 Å². The maximum atomic E-state index is 13.1. The van der Waals surface area contributed by atoms with E-state index in [4.69, 9.17) is 9.05 Å². The van der Waals surface area contributed by atoms with Crippen LogP contribution in [0.25, 0.3) is 0 Å². The Kier molecular flexibility index (Phi) is 67.1. The van der Waals surface area contributed by atoms with Gasteiger partial charge in [0.25, 0.3) is 0 Å². The molecule has 0 aliphatic rings. The van der Waals surface area contributed by atoms with E-state index < -0.39 is 20.0 Å². The molecule has 0 aromatic carbocycles. The third kappa shape index (κ3) is 70.2. The Bertz CT molecular complexity index is 1500. The van der Waals surface area contributed by atoms with Gasteiger partial charge in [0.1, 0.15) is 13.2 Å². The first-order chi connectivity index (χ1) is 42.0. The number of nitrogens with one attached hydrogen (secondary N) is 1. The van der Waals surface area contributed by atoms with Crippen molar-refractivity contribution in [3.63, 3.8) is 0 Å². The van der Waals surface area contributed by atoms with Crippen LogP contribution in [0.2, 0.25) is 0 Å². The zero-order valence-corrected chi connectivity index (χ0v) is 59.5. The first-order valence-electron chi connectivity index (χ1n) is 38.4. The number of hydrogen-bond acceptors (Lipinski definition) is 5. The lowest BCUT2D eigenvalue weighted by Gasteiger charge is -2.25. The van der Waals surface area contributed by atoms with Crippen LogP contribution in [0.5, 0.6) is 0 Å². The molecule has 0 saturated carbocycles. The van der Waals surface area contributed by atoms with Gasteiger partial charge in [0.15, 0.2) is 0 Å². The number of amides is 1. The van der Waals surface area contributed by atoms with Crippen molar-refractivity contribution in [2.75, 3.05) is 40.9 Å². The number of quaternary nitrogens is 1. The van der Waals surface area contributed by atoms with E-state index in [9.17, 15) is 19.4 Å². The van der Waals surface area contributed by atoms with Gasteiger partial charge in [0, 0.05) is 6.42 Å². The topological polar surface area (TPSA) is 105 Å². The van der Waals surface area contributed by atoms with E-state index in [1.54, 1.807) is 6.08 Å². The predicted molar refractivity (Wildman–Crippen MR) is 378 cm³/mol. The summed E-state index contributed by atoms with van der Waals surface area (Å²) in [5.74, 6) is -0.182. The minimum atomic E-state index is -4.37. The number of carbonyl (C=O) groups excluding carboxylic acids is 1. The highest BCUT2D eigenvalue weighted by atomic mass is 31.2. The molecule has 0 aliphatic carbocycles. The third-order valence-electron chi connectivity index (χ3n) is 17.8. The number of rotatable bonds is 72. The standard InChI is InChI=1S/C77H151N2O6P/c1-6-8-10-12-14-16-18-20-22-24-26-28-30-32-34-36-38-39-40-41-43-45-47-49-51-53-55-57-59-61-63-65-67-69-71-77(81)78-75(74-85-86(82,83)84-73-72-79(3,4)5)76(80)70-68-66-64-62-60-58-56-54-52-50-48-46-44-42-37-35-33-31-29-27-25-23-21-19-17-15-13-11-9-7-2/h52,54,60,62,68,70,75-76,80H,6-51,53,55-59,61,63-67,69,71-74H2,1-5H3,(H-,78,81,82,83)/p+1/b54-52+,62-60+,70-68+. The molecule has 9 heteroatoms. The first kappa shape index (κ1) is 84.7. The highest BCUT2D eigenvalue weighted by Gasteiger charge is 2.28. The number of phosphoric ester groups is 1. The second-order valence-electron chi connectivity index (χ2n) is 27.7. The average molecular weight is 1230 g/mol. The van der Waals surface area contributed by atoms with Crippen molar-refractivity contribution in [1.29, 1.82) is 0 Å². The number of aliphatic hydroxyl groups excluding tert-OH is 1. The van der Waals surface area contributed by atoms with Crippen LogP contribution in [-0.2, 0) is 18.4 Å². The van der Waals surface area contributed by atoms with Gasteiger partial charge in [-0.15, -0.1) is 0 Å². The number of unbranched alkanes of at least 4 members (excludes halogenated alkanes) is 55. The fraction of sp³-hybridized carbons (Fsp3) is 0.909. The fourth-order valence-corrected chi connectivity index (χ4v) is 12.6. The summed E-state index contributed by atoms with van der Waals surface area (Å²) in [6.07, 6.45) is 92.0. The molecule has 0 fully saturated rings. The van der Waals surface area contributed by atoms with Crippen molar-refractivity contribution < 1.29 is 32.9 Å². The number of phosphoric acid groups is 1. The van der Waals surface area contributed by atoms with Crippen LogP contribution in [0.4, 0.5) is 0 Å². The van der Waals surface area contributed by atoms with Crippen molar-refractivity contribution in [1.82, 2.24) is 5.32 Å². The van der Waals surface area contributed by atoms with Gasteiger partial charge in [-0.05, 0) is 44.9 Å². The van der Waals surface area contributed by atoms with Crippen LogP contribution < -0.4 is 5.32 Å². The summed E-state index contributed by atoms with van der Waals surface area (Å²) in [6.45, 7) is 4.86. The number of likely N-dealkylation sites (N-methyl/N-ethyl adjacent to an activating group) is 1. The Labute approximate surface area is 537 Å². The Balaban J connectivity index is 4.02. The number of nitrogens with zero attached hydrogens (tertiary/aromatic N) is 1. The Morgan fingerprint density at radius 3 is 0.930 bits per heavy atom. The summed E-state index contributed by atoms with van der Waals surface area (Å²) in [4.78, 5) is 23.5. The molecule has 0 aliphatic heterocycles. The molecule has 0 saturated heterocycles. The average Bonchev–Trinajstić information content (AvgIpc) is 3.68. The number of aliphatic hydroxyl groups is 1. The molecule has 0 aromatic heterocycles. The molecule has 0 bridgehead atoms. The van der Waals surface area contributed by atoms with Crippen molar-refractivity contribution in [3.8, 4) is 0 Å². The fourth-order valence-electron chi connectivity index (χ4n) is 11.9. The summed E-state index contributed by atoms with van der Waals surface area (Å²) in [6, 6.07) is -0.870. The van der Waals surface area contributed by atoms with E-state index in [0.29, 0.717) is 17.4 Å². The smallest absolute Gasteiger partial charge is 0.387 e. The highest BCUT2D eigenvalue weighted by Crippen LogP contribution is 2.43. The normalized spacial score (nSPS) is 13.7. The molecule has 0 heterocycles. The minimum absolute atomic E-state index is 0.0555. The van der Waals surface area contributed by atoms with Crippen LogP contribution in [0.3, 0.4) is 0 Å². The molecule has 3 atom stereocenters. The van der Waals surface area contributed by atoms with Gasteiger partial charge >= 0.3 is 7.82 Å². The lowest BCUT2D eigenvalue weighted by molar-refractivity contribution is -0.870. The van der Waals surface area contributed by atoms with E-state index in [0.717, 1.165) is 44.9 Å². The number of carbonyl (C=O) groups is 1. The molecule has 86 heavy (non-hydrogen) atoms. The summed E-state index contributed by atoms with van der Waals surface area (Å²) >= 11 is 0. The second kappa shape index (κ2) is 68.1. The SMILES string of the molecule is CCCCCCCCCCCCCCCCCCCCCC/C=C/CC/C=C/CC/C=C/C(O)C(COP(=O)(O)OCC[N+](C)(C)C)NC(=O)CCCCCCCCCCCCCCCCCCCCCCCCCCCCCCCCCCCC. The lowest BCUT2D eigenvalue weighted by Crippen LogP contribution is -2.45. The lowest BCUT2D eigenvalue weighted by atomic mass is 10.0. The molecule has 3 N–H and O–H groups in total. The molecule has 0 aromatic rings. The molecule has 510 valence electrons. The Morgan fingerprint density at radius 2 is 0.640 bits per heavy atom. The van der Waals surface area contributed by atoms with Crippen molar-refractivity contribution in [3.05, 3.63) is 36.5 Å². The van der Waals surface area contributed by atoms with Crippen molar-refractivity contribution >= 4 is 13.7 Å². The highest BCUT2D eigenvalue weighted by molar-refractivity contribution is 7.47. The quantitative estimate of drug-likeness (QED) is 0.0243. The molecular weight excluding hydrogens is 1080 g/mol. The van der Waals surface area contributed by atoms with E-state index in [2.05, 4.69) is 43.5 Å². The van der Waals surface area contributed by atoms with Crippen LogP contribution in [0, 0.1) is 0 Å². The summed E-state index contributed by atoms with van der Waals surface area (Å²) in [7, 11) is 1.56. The zero-order chi connectivity index (χ0) is 62.6. The van der Waals surface area contributed by atoms with Crippen LogP contribution >= 0.6 is 7.82 Å². The molecular formula is C77H152N2O6P+. The predicted octanol–water partition coefficient (Wildman–Crippen LogP) is 24.8. The van der Waals surface area contributed by atoms with E-state index >= 15 is 0 Å². The van der Waals surface area contributed by atoms with E-state index in [-0.39, 0.29) is 19.1 Å². The summed E-state index contributed by atoms with van der Waals surface area (Å²) in [5.41, 5.74) is 0. The van der Waals surface area contributed by atoms with Gasteiger partial charge in [-0.25, -0.2) is 4.57 Å². The molecule has 8 nitrogen and oxygen atoms in total. The van der Waals surface area contributed by atoms with Gasteiger partial charge in [0.05, 0.1) is 39.9 Å². The Hall–Kier alpha value is -1.28. The molecule has 0 rings (SSSR count). The molecule has 0 spiro atoms. The zero-order valence-electron chi connectivity index (χ0n) is 58.6. The molecule has 1 amide bonds. The Morgan fingerprint density at radius 1 is 0.384 bits per heavy atom. The van der Waals surface area contributed by atoms with Gasteiger partial charge in [-0.3, -0.25) is 13.8 Å². The number of hydrogen-bond donors (Lipinski definition) is 3. The summed E-state index contributed by atoms with van der Waals surface area (Å²) in [5, 5.41) is 14.0. The van der Waals surface area contributed by atoms with E-state index in [1.165, 1.54) is 334 Å². The third-order valence-corrected chi connectivity index (χ3v) is 18.8. The van der Waals surface area contributed by atoms with Gasteiger partial charge in [-0.2, -0.15) is 0 Å². The monoisotopic (exact) mass is 1230 g/mol. The van der Waals surface area contributed by atoms with Crippen molar-refractivity contribution in [2.45, 2.75) is 411 Å². The maximum absolute atomic E-state index is 13.1.